The second-order valence-electron chi connectivity index (χ2n) is 4.64. The van der Waals surface area contributed by atoms with E-state index >= 15 is 0 Å². The number of nitrogens with two attached hydrogens (primary N) is 1. The van der Waals surface area contributed by atoms with Crippen LogP contribution in [0.15, 0.2) is 0 Å². The third kappa shape index (κ3) is 1.42. The molecule has 4 N–H and O–H groups in total. The minimum atomic E-state index is -0.496. The maximum atomic E-state index is 11.6. The first-order valence-electron chi connectivity index (χ1n) is 5.01. The highest BCUT2D eigenvalue weighted by Crippen LogP contribution is 2.42. The highest BCUT2D eigenvalue weighted by molar-refractivity contribution is 5.89. The summed E-state index contributed by atoms with van der Waals surface area (Å²) in [5, 5.41) is 6.35. The van der Waals surface area contributed by atoms with Gasteiger partial charge in [0.25, 0.3) is 0 Å². The molecular weight excluding hydrogens is 202 g/mol. The van der Waals surface area contributed by atoms with Gasteiger partial charge < -0.3 is 16.4 Å². The molecule has 0 bridgehead atoms. The fourth-order valence-electron chi connectivity index (χ4n) is 2.29. The summed E-state index contributed by atoms with van der Waals surface area (Å²) in [4.78, 5) is 11.6. The maximum absolute atomic E-state index is 11.6. The molecule has 14 heavy (non-hydrogen) atoms. The smallest absolute Gasteiger partial charge is 0.240 e. The van der Waals surface area contributed by atoms with E-state index in [0.29, 0.717) is 17.9 Å². The second kappa shape index (κ2) is 3.08. The first kappa shape index (κ1) is 10.2. The molecule has 4 nitrogen and oxygen atoms in total. The lowest BCUT2D eigenvalue weighted by atomic mass is 10.2. The van der Waals surface area contributed by atoms with E-state index in [1.807, 2.05) is 0 Å². The number of hydrogen-bond donors (Lipinski definition) is 3. The molecule has 0 aromatic carbocycles. The van der Waals surface area contributed by atoms with E-state index in [2.05, 4.69) is 10.6 Å². The van der Waals surface area contributed by atoms with Crippen molar-refractivity contribution in [1.29, 1.82) is 0 Å². The van der Waals surface area contributed by atoms with Crippen LogP contribution >= 0.6 is 12.4 Å². The van der Waals surface area contributed by atoms with Gasteiger partial charge in [-0.25, -0.2) is 0 Å². The van der Waals surface area contributed by atoms with Crippen molar-refractivity contribution in [3.05, 3.63) is 0 Å². The van der Waals surface area contributed by atoms with Gasteiger partial charge in [0.05, 0.1) is 5.54 Å². The van der Waals surface area contributed by atoms with Crippen molar-refractivity contribution in [3.63, 3.8) is 0 Å². The largest absolute Gasteiger partial charge is 0.351 e. The van der Waals surface area contributed by atoms with Crippen molar-refractivity contribution in [2.75, 3.05) is 13.1 Å². The average Bonchev–Trinajstić information content (AvgIpc) is 2.95. The summed E-state index contributed by atoms with van der Waals surface area (Å²) in [6.07, 6.45) is 1.72. The van der Waals surface area contributed by atoms with Crippen LogP contribution in [0.3, 0.4) is 0 Å². The monoisotopic (exact) mass is 217 g/mol. The Hall–Kier alpha value is -0.320. The summed E-state index contributed by atoms with van der Waals surface area (Å²) < 4.78 is 0. The molecule has 3 aliphatic rings. The Morgan fingerprint density at radius 2 is 1.93 bits per heavy atom. The molecule has 3 rings (SSSR count). The molecule has 80 valence electrons. The van der Waals surface area contributed by atoms with Gasteiger partial charge in [-0.15, -0.1) is 12.4 Å². The van der Waals surface area contributed by atoms with Crippen molar-refractivity contribution < 1.29 is 4.79 Å². The fraction of sp³-hybridized carbons (Fsp3) is 0.889. The van der Waals surface area contributed by atoms with Crippen LogP contribution in [0.1, 0.15) is 12.8 Å². The molecule has 1 amide bonds. The minimum Gasteiger partial charge on any atom is -0.351 e. The number of rotatable bonds is 2. The lowest BCUT2D eigenvalue weighted by Crippen LogP contribution is -2.45. The number of piperidine rings is 1. The molecule has 5 heteroatoms. The summed E-state index contributed by atoms with van der Waals surface area (Å²) in [7, 11) is 0. The Morgan fingerprint density at radius 1 is 1.36 bits per heavy atom. The SMILES string of the molecule is Cl.NC1(C(=O)NC2[C@H]3CNC[C@@H]23)CC1. The van der Waals surface area contributed by atoms with Crippen LogP contribution in [0.5, 0.6) is 0 Å². The molecule has 3 atom stereocenters. The molecule has 2 saturated carbocycles. The molecule has 0 radical (unpaired) electrons. The summed E-state index contributed by atoms with van der Waals surface area (Å²) in [6.45, 7) is 2.13. The standard InChI is InChI=1S/C9H15N3O.ClH/c10-9(1-2-9)8(13)12-7-5-3-11-4-6(5)7;/h5-7,11H,1-4,10H2,(H,12,13);1H/t5-,6+,7?;. The summed E-state index contributed by atoms with van der Waals surface area (Å²) in [5.74, 6) is 1.45. The summed E-state index contributed by atoms with van der Waals surface area (Å²) >= 11 is 0. The minimum absolute atomic E-state index is 0. The highest BCUT2D eigenvalue weighted by atomic mass is 35.5. The highest BCUT2D eigenvalue weighted by Gasteiger charge is 2.56. The van der Waals surface area contributed by atoms with Crippen molar-refractivity contribution in [1.82, 2.24) is 10.6 Å². The molecule has 0 aromatic rings. The van der Waals surface area contributed by atoms with E-state index in [0.717, 1.165) is 25.9 Å². The van der Waals surface area contributed by atoms with E-state index < -0.39 is 5.54 Å². The molecule has 2 aliphatic carbocycles. The van der Waals surface area contributed by atoms with Crippen LogP contribution in [0.4, 0.5) is 0 Å². The Kier molecular flexibility index (Phi) is 2.25. The second-order valence-corrected chi connectivity index (χ2v) is 4.64. The van der Waals surface area contributed by atoms with Gasteiger partial charge in [-0.2, -0.15) is 0 Å². The molecule has 1 aliphatic heterocycles. The Labute approximate surface area is 89.4 Å². The van der Waals surface area contributed by atoms with Crippen molar-refractivity contribution in [3.8, 4) is 0 Å². The third-order valence-electron chi connectivity index (χ3n) is 3.63. The molecule has 0 aromatic heterocycles. The van der Waals surface area contributed by atoms with E-state index in [1.165, 1.54) is 0 Å². The van der Waals surface area contributed by atoms with Crippen molar-refractivity contribution in [2.24, 2.45) is 17.6 Å². The number of fused-ring (bicyclic) bond motifs is 1. The Balaban J connectivity index is 0.000000750. The quantitative estimate of drug-likeness (QED) is 0.569. The lowest BCUT2D eigenvalue weighted by Gasteiger charge is -2.11. The van der Waals surface area contributed by atoms with Crippen LogP contribution in [0, 0.1) is 11.8 Å². The van der Waals surface area contributed by atoms with E-state index in [1.54, 1.807) is 0 Å². The van der Waals surface area contributed by atoms with Gasteiger partial charge in [0, 0.05) is 19.1 Å². The molecule has 3 fully saturated rings. The summed E-state index contributed by atoms with van der Waals surface area (Å²) in [5.41, 5.74) is 5.29. The van der Waals surface area contributed by atoms with Gasteiger partial charge in [-0.05, 0) is 24.7 Å². The zero-order chi connectivity index (χ0) is 9.05. The van der Waals surface area contributed by atoms with Gasteiger partial charge in [-0.3, -0.25) is 4.79 Å². The zero-order valence-corrected chi connectivity index (χ0v) is 8.77. The van der Waals surface area contributed by atoms with Gasteiger partial charge >= 0.3 is 0 Å². The molecule has 0 spiro atoms. The molecule has 1 heterocycles. The van der Waals surface area contributed by atoms with Crippen LogP contribution < -0.4 is 16.4 Å². The van der Waals surface area contributed by atoms with Crippen LogP contribution in [0.25, 0.3) is 0 Å². The topological polar surface area (TPSA) is 67.2 Å². The van der Waals surface area contributed by atoms with Crippen molar-refractivity contribution in [2.45, 2.75) is 24.4 Å². The van der Waals surface area contributed by atoms with E-state index in [-0.39, 0.29) is 18.3 Å². The van der Waals surface area contributed by atoms with Gasteiger partial charge in [0.2, 0.25) is 5.91 Å². The Morgan fingerprint density at radius 3 is 2.43 bits per heavy atom. The predicted molar refractivity (Wildman–Crippen MR) is 55.2 cm³/mol. The van der Waals surface area contributed by atoms with E-state index in [9.17, 15) is 4.79 Å². The average molecular weight is 218 g/mol. The number of nitrogens with one attached hydrogen (secondary N) is 2. The number of hydrogen-bond acceptors (Lipinski definition) is 3. The number of carbonyl (C=O) groups excluding carboxylic acids is 1. The van der Waals surface area contributed by atoms with Gasteiger partial charge in [-0.1, -0.05) is 0 Å². The van der Waals surface area contributed by atoms with Crippen LogP contribution in [0.2, 0.25) is 0 Å². The lowest BCUT2D eigenvalue weighted by molar-refractivity contribution is -0.123. The Bertz CT molecular complexity index is 257. The normalized spacial score (nSPS) is 40.8. The van der Waals surface area contributed by atoms with Gasteiger partial charge in [0.15, 0.2) is 0 Å². The molecular formula is C9H16ClN3O. The predicted octanol–water partition coefficient (Wildman–Crippen LogP) is -0.766. The first-order chi connectivity index (χ1) is 6.21. The number of amides is 1. The number of halogens is 1. The van der Waals surface area contributed by atoms with Crippen molar-refractivity contribution >= 4 is 18.3 Å². The zero-order valence-electron chi connectivity index (χ0n) is 7.95. The first-order valence-corrected chi connectivity index (χ1v) is 5.01. The van der Waals surface area contributed by atoms with E-state index in [4.69, 9.17) is 5.73 Å². The molecule has 1 saturated heterocycles. The van der Waals surface area contributed by atoms with Crippen LogP contribution in [-0.4, -0.2) is 30.6 Å². The maximum Gasteiger partial charge on any atom is 0.240 e. The third-order valence-corrected chi connectivity index (χ3v) is 3.63. The summed E-state index contributed by atoms with van der Waals surface area (Å²) in [6, 6.07) is 0.426. The number of carbonyl (C=O) groups is 1. The fourth-order valence-corrected chi connectivity index (χ4v) is 2.29. The van der Waals surface area contributed by atoms with Crippen LogP contribution in [-0.2, 0) is 4.79 Å². The molecule has 1 unspecified atom stereocenters. The van der Waals surface area contributed by atoms with Gasteiger partial charge in [0.1, 0.15) is 0 Å².